The molecule has 0 radical (unpaired) electrons. The van der Waals surface area contributed by atoms with Crippen LogP contribution >= 0.6 is 0 Å². The zero-order chi connectivity index (χ0) is 22.4. The normalized spacial score (nSPS) is 15.0. The van der Waals surface area contributed by atoms with Gasteiger partial charge in [0.2, 0.25) is 10.0 Å². The Labute approximate surface area is 182 Å². The maximum atomic E-state index is 13.1. The molecule has 1 saturated heterocycles. The molecule has 1 aliphatic heterocycles. The third-order valence-corrected chi connectivity index (χ3v) is 6.93. The number of ether oxygens (including phenoxy) is 2. The predicted octanol–water partition coefficient (Wildman–Crippen LogP) is 3.69. The van der Waals surface area contributed by atoms with E-state index in [9.17, 15) is 18.0 Å². The second-order valence-electron chi connectivity index (χ2n) is 7.21. The second kappa shape index (κ2) is 9.89. The largest absolute Gasteiger partial charge is 0.495 e. The number of carbonyl (C=O) groups excluding carboxylic acids is 2. The lowest BCUT2D eigenvalue weighted by Crippen LogP contribution is -2.35. The Bertz CT molecular complexity index is 1080. The van der Waals surface area contributed by atoms with Gasteiger partial charge in [0.25, 0.3) is 0 Å². The Balaban J connectivity index is 1.76. The molecule has 2 aromatic rings. The first-order valence-corrected chi connectivity index (χ1v) is 11.4. The lowest BCUT2D eigenvalue weighted by molar-refractivity contribution is -0.128. The summed E-state index contributed by atoms with van der Waals surface area (Å²) in [4.78, 5) is 23.5. The fourth-order valence-electron chi connectivity index (χ4n) is 3.32. The van der Waals surface area contributed by atoms with Crippen LogP contribution in [0, 0.1) is 0 Å². The summed E-state index contributed by atoms with van der Waals surface area (Å²) in [6.45, 7) is 2.43. The van der Waals surface area contributed by atoms with Crippen molar-refractivity contribution in [1.82, 2.24) is 4.31 Å². The molecule has 0 atom stereocenters. The van der Waals surface area contributed by atoms with Crippen LogP contribution < -0.4 is 9.47 Å². The maximum Gasteiger partial charge on any atom is 0.336 e. The Morgan fingerprint density at radius 1 is 1.00 bits per heavy atom. The second-order valence-corrected chi connectivity index (χ2v) is 9.12. The fourth-order valence-corrected chi connectivity index (χ4v) is 5.02. The number of hydrogen-bond donors (Lipinski definition) is 0. The maximum absolute atomic E-state index is 13.1. The molecule has 0 bridgehead atoms. The van der Waals surface area contributed by atoms with Gasteiger partial charge >= 0.3 is 5.97 Å². The number of sulfonamides is 1. The summed E-state index contributed by atoms with van der Waals surface area (Å²) >= 11 is 0. The number of hydrogen-bond acceptors (Lipinski definition) is 6. The van der Waals surface area contributed by atoms with Gasteiger partial charge in [-0.3, -0.25) is 4.79 Å². The van der Waals surface area contributed by atoms with E-state index in [2.05, 4.69) is 0 Å². The lowest BCUT2D eigenvalue weighted by atomic mass is 10.1. The molecule has 0 aliphatic carbocycles. The molecule has 164 valence electrons. The number of rotatable bonds is 7. The minimum absolute atomic E-state index is 0.0761. The van der Waals surface area contributed by atoms with Crippen molar-refractivity contribution < 1.29 is 27.5 Å². The van der Waals surface area contributed by atoms with Crippen LogP contribution in [-0.2, 0) is 14.8 Å². The van der Waals surface area contributed by atoms with Crippen molar-refractivity contribution in [2.24, 2.45) is 0 Å². The van der Waals surface area contributed by atoms with Crippen LogP contribution in [0.3, 0.4) is 0 Å². The summed E-state index contributed by atoms with van der Waals surface area (Å²) in [5.74, 6) is -0.127. The lowest BCUT2D eigenvalue weighted by Gasteiger charge is -2.26. The van der Waals surface area contributed by atoms with Gasteiger partial charge in [-0.15, -0.1) is 0 Å². The smallest absolute Gasteiger partial charge is 0.336 e. The number of esters is 1. The van der Waals surface area contributed by atoms with Crippen molar-refractivity contribution in [3.05, 3.63) is 59.7 Å². The molecule has 31 heavy (non-hydrogen) atoms. The molecule has 7 nitrogen and oxygen atoms in total. The first-order valence-electron chi connectivity index (χ1n) is 10.0. The Morgan fingerprint density at radius 3 is 2.29 bits per heavy atom. The van der Waals surface area contributed by atoms with E-state index in [1.54, 1.807) is 36.4 Å². The molecule has 0 saturated carbocycles. The molecule has 1 fully saturated rings. The van der Waals surface area contributed by atoms with Crippen molar-refractivity contribution in [2.45, 2.75) is 31.1 Å². The highest BCUT2D eigenvalue weighted by Gasteiger charge is 2.29. The van der Waals surface area contributed by atoms with Crippen molar-refractivity contribution >= 4 is 27.9 Å². The van der Waals surface area contributed by atoms with Crippen LogP contribution in [0.5, 0.6) is 11.5 Å². The summed E-state index contributed by atoms with van der Waals surface area (Å²) < 4.78 is 38.1. The number of carbonyl (C=O) groups is 2. The van der Waals surface area contributed by atoms with Crippen LogP contribution in [-0.4, -0.2) is 44.7 Å². The average molecular weight is 444 g/mol. The molecule has 8 heteroatoms. The van der Waals surface area contributed by atoms with Crippen molar-refractivity contribution in [3.8, 4) is 11.5 Å². The summed E-state index contributed by atoms with van der Waals surface area (Å²) in [5, 5.41) is 0. The third kappa shape index (κ3) is 5.59. The Morgan fingerprint density at radius 2 is 1.68 bits per heavy atom. The van der Waals surface area contributed by atoms with Gasteiger partial charge in [0.15, 0.2) is 5.78 Å². The molecule has 2 aromatic carbocycles. The number of Topliss-reactive ketones (excluding diaryl/α,β-unsaturated/α-hetero) is 1. The number of benzene rings is 2. The molecule has 0 amide bonds. The highest BCUT2D eigenvalue weighted by atomic mass is 32.2. The van der Waals surface area contributed by atoms with Crippen LogP contribution in [0.15, 0.2) is 53.4 Å². The minimum Gasteiger partial charge on any atom is -0.495 e. The third-order valence-electron chi connectivity index (χ3n) is 5.01. The van der Waals surface area contributed by atoms with E-state index in [1.165, 1.54) is 36.6 Å². The van der Waals surface area contributed by atoms with Crippen molar-refractivity contribution in [2.75, 3.05) is 20.2 Å². The monoisotopic (exact) mass is 443 g/mol. The summed E-state index contributed by atoms with van der Waals surface area (Å²) in [6.07, 6.45) is 5.39. The van der Waals surface area contributed by atoms with Crippen molar-refractivity contribution in [3.63, 3.8) is 0 Å². The first kappa shape index (κ1) is 22.7. The van der Waals surface area contributed by atoms with Crippen molar-refractivity contribution in [1.29, 1.82) is 0 Å². The Kier molecular flexibility index (Phi) is 7.25. The highest BCUT2D eigenvalue weighted by molar-refractivity contribution is 7.89. The first-order chi connectivity index (χ1) is 14.8. The zero-order valence-corrected chi connectivity index (χ0v) is 18.4. The summed E-state index contributed by atoms with van der Waals surface area (Å²) in [7, 11) is -2.27. The van der Waals surface area contributed by atoms with Gasteiger partial charge in [-0.05, 0) is 67.8 Å². The van der Waals surface area contributed by atoms with Gasteiger partial charge in [-0.25, -0.2) is 13.2 Å². The molecule has 1 aliphatic rings. The van der Waals surface area contributed by atoms with Crippen LogP contribution in [0.25, 0.3) is 6.08 Å². The van der Waals surface area contributed by atoms with E-state index >= 15 is 0 Å². The number of ketones is 1. The Hall–Kier alpha value is -2.97. The quantitative estimate of drug-likeness (QED) is 0.281. The number of piperidine rings is 1. The molecular weight excluding hydrogens is 418 g/mol. The van der Waals surface area contributed by atoms with Gasteiger partial charge in [0, 0.05) is 24.7 Å². The average Bonchev–Trinajstić information content (AvgIpc) is 2.78. The van der Waals surface area contributed by atoms with E-state index in [0.717, 1.165) is 19.3 Å². The van der Waals surface area contributed by atoms with Gasteiger partial charge < -0.3 is 9.47 Å². The zero-order valence-electron chi connectivity index (χ0n) is 17.5. The standard InChI is InChI=1S/C23H25NO6S/c1-17(25)19-8-10-20(11-9-19)30-23(26)13-7-18-6-12-21(29-2)22(16-18)31(27,28)24-14-4-3-5-15-24/h6-13,16H,3-5,14-15H2,1-2H3. The van der Waals surface area contributed by atoms with E-state index in [1.807, 2.05) is 0 Å². The van der Waals surface area contributed by atoms with E-state index in [-0.39, 0.29) is 16.4 Å². The van der Waals surface area contributed by atoms with Gasteiger partial charge in [0.1, 0.15) is 16.4 Å². The summed E-state index contributed by atoms with van der Waals surface area (Å²) in [6, 6.07) is 11.0. The fraction of sp³-hybridized carbons (Fsp3) is 0.304. The molecular formula is C23H25NO6S. The van der Waals surface area contributed by atoms with Gasteiger partial charge in [-0.2, -0.15) is 4.31 Å². The van der Waals surface area contributed by atoms with E-state index in [4.69, 9.17) is 9.47 Å². The molecule has 0 unspecified atom stereocenters. The topological polar surface area (TPSA) is 90.0 Å². The molecule has 0 spiro atoms. The minimum atomic E-state index is -3.69. The molecule has 0 aromatic heterocycles. The highest BCUT2D eigenvalue weighted by Crippen LogP contribution is 2.30. The van der Waals surface area contributed by atoms with Crippen LogP contribution in [0.1, 0.15) is 42.1 Å². The summed E-state index contributed by atoms with van der Waals surface area (Å²) in [5.41, 5.74) is 1.05. The predicted molar refractivity (Wildman–Crippen MR) is 117 cm³/mol. The van der Waals surface area contributed by atoms with Gasteiger partial charge in [0.05, 0.1) is 7.11 Å². The van der Waals surface area contributed by atoms with E-state index in [0.29, 0.717) is 30.0 Å². The van der Waals surface area contributed by atoms with Crippen LogP contribution in [0.2, 0.25) is 0 Å². The number of nitrogens with zero attached hydrogens (tertiary/aromatic N) is 1. The SMILES string of the molecule is COc1ccc(C=CC(=O)Oc2ccc(C(C)=O)cc2)cc1S(=O)(=O)N1CCCCC1. The molecule has 0 N–H and O–H groups in total. The molecule has 3 rings (SSSR count). The number of methoxy groups -OCH3 is 1. The van der Waals surface area contributed by atoms with Crippen LogP contribution in [0.4, 0.5) is 0 Å². The van der Waals surface area contributed by atoms with E-state index < -0.39 is 16.0 Å². The molecule has 1 heterocycles. The van der Waals surface area contributed by atoms with Gasteiger partial charge in [-0.1, -0.05) is 12.5 Å².